The number of rotatable bonds is 6. The van der Waals surface area contributed by atoms with Crippen molar-refractivity contribution in [2.24, 2.45) is 11.0 Å². The lowest BCUT2D eigenvalue weighted by Crippen LogP contribution is -2.22. The van der Waals surface area contributed by atoms with Gasteiger partial charge in [-0.15, -0.1) is 0 Å². The summed E-state index contributed by atoms with van der Waals surface area (Å²) in [6, 6.07) is 19.3. The van der Waals surface area contributed by atoms with Crippen LogP contribution in [0.25, 0.3) is 11.1 Å². The molecule has 2 unspecified atom stereocenters. The third-order valence-corrected chi connectivity index (χ3v) is 4.94. The van der Waals surface area contributed by atoms with E-state index in [0.29, 0.717) is 0 Å². The lowest BCUT2D eigenvalue weighted by Gasteiger charge is -2.14. The van der Waals surface area contributed by atoms with E-state index in [1.165, 1.54) is 16.7 Å². The maximum atomic E-state index is 9.21. The standard InChI is InChI=1S/C22H24N4/c1-17-13-21(15-26(17)16-23)22(25-24-2)12-11-18-7-6-10-20(14-18)19-8-4-3-5-9-19/h3-10,12,14,17,21,25H,2,11,13,15H2,1H3/b22-12-. The van der Waals surface area contributed by atoms with Gasteiger partial charge in [-0.3, -0.25) is 5.43 Å². The zero-order valence-corrected chi connectivity index (χ0v) is 15.1. The van der Waals surface area contributed by atoms with Gasteiger partial charge >= 0.3 is 0 Å². The van der Waals surface area contributed by atoms with Crippen molar-refractivity contribution in [3.05, 3.63) is 71.9 Å². The van der Waals surface area contributed by atoms with Crippen LogP contribution in [0.1, 0.15) is 18.9 Å². The summed E-state index contributed by atoms with van der Waals surface area (Å²) in [5.41, 5.74) is 7.79. The lowest BCUT2D eigenvalue weighted by atomic mass is 9.98. The Kier molecular flexibility index (Phi) is 5.70. The van der Waals surface area contributed by atoms with Gasteiger partial charge in [-0.05, 0) is 36.5 Å². The van der Waals surface area contributed by atoms with Gasteiger partial charge in [0, 0.05) is 30.9 Å². The summed E-state index contributed by atoms with van der Waals surface area (Å²) in [5.74, 6) is 0.285. The molecule has 3 rings (SSSR count). The third-order valence-electron chi connectivity index (χ3n) is 4.94. The number of nitrogens with one attached hydrogen (secondary N) is 1. The highest BCUT2D eigenvalue weighted by molar-refractivity contribution is 5.64. The average molecular weight is 344 g/mol. The van der Waals surface area contributed by atoms with Gasteiger partial charge in [0.1, 0.15) is 0 Å². The first-order valence-electron chi connectivity index (χ1n) is 8.93. The second kappa shape index (κ2) is 8.35. The Hall–Kier alpha value is -3.06. The highest BCUT2D eigenvalue weighted by atomic mass is 15.3. The summed E-state index contributed by atoms with van der Waals surface area (Å²) in [6.45, 7) is 6.38. The molecule has 0 aliphatic carbocycles. The molecule has 1 aliphatic rings. The van der Waals surface area contributed by atoms with Crippen molar-refractivity contribution in [2.45, 2.75) is 25.8 Å². The van der Waals surface area contributed by atoms with Gasteiger partial charge in [0.15, 0.2) is 6.19 Å². The number of hydrazone groups is 1. The Morgan fingerprint density at radius 3 is 2.73 bits per heavy atom. The van der Waals surface area contributed by atoms with Crippen molar-refractivity contribution < 1.29 is 0 Å². The second-order valence-corrected chi connectivity index (χ2v) is 6.73. The molecule has 1 N–H and O–H groups in total. The van der Waals surface area contributed by atoms with Gasteiger partial charge in [0.2, 0.25) is 0 Å². The van der Waals surface area contributed by atoms with E-state index in [-0.39, 0.29) is 12.0 Å². The van der Waals surface area contributed by atoms with Crippen LogP contribution in [-0.2, 0) is 6.42 Å². The van der Waals surface area contributed by atoms with Gasteiger partial charge in [-0.25, -0.2) is 0 Å². The van der Waals surface area contributed by atoms with Gasteiger partial charge in [-0.1, -0.05) is 60.7 Å². The summed E-state index contributed by atoms with van der Waals surface area (Å²) in [6.07, 6.45) is 6.22. The van der Waals surface area contributed by atoms with Crippen LogP contribution in [0.4, 0.5) is 0 Å². The zero-order chi connectivity index (χ0) is 18.4. The third kappa shape index (κ3) is 4.12. The van der Waals surface area contributed by atoms with Crippen LogP contribution in [0.3, 0.4) is 0 Å². The van der Waals surface area contributed by atoms with E-state index < -0.39 is 0 Å². The van der Waals surface area contributed by atoms with Crippen LogP contribution in [-0.4, -0.2) is 24.2 Å². The van der Waals surface area contributed by atoms with Gasteiger partial charge in [-0.2, -0.15) is 10.4 Å². The van der Waals surface area contributed by atoms with E-state index in [9.17, 15) is 5.26 Å². The van der Waals surface area contributed by atoms with Crippen molar-refractivity contribution in [2.75, 3.05) is 6.54 Å². The Morgan fingerprint density at radius 2 is 2.04 bits per heavy atom. The minimum absolute atomic E-state index is 0.265. The molecule has 1 heterocycles. The van der Waals surface area contributed by atoms with Crippen molar-refractivity contribution in [1.82, 2.24) is 10.3 Å². The largest absolute Gasteiger partial charge is 0.307 e. The fraction of sp³-hybridized carbons (Fsp3) is 0.273. The number of hydrogen-bond acceptors (Lipinski definition) is 4. The van der Waals surface area contributed by atoms with E-state index >= 15 is 0 Å². The molecular formula is C22H24N4. The van der Waals surface area contributed by atoms with Gasteiger partial charge < -0.3 is 4.90 Å². The molecule has 0 amide bonds. The molecule has 4 nitrogen and oxygen atoms in total. The molecule has 132 valence electrons. The molecule has 2 aromatic rings. The number of nitrogens with zero attached hydrogens (tertiary/aromatic N) is 3. The molecular weight excluding hydrogens is 320 g/mol. The number of nitriles is 1. The topological polar surface area (TPSA) is 51.4 Å². The molecule has 26 heavy (non-hydrogen) atoms. The van der Waals surface area contributed by atoms with Crippen molar-refractivity contribution in [1.29, 1.82) is 5.26 Å². The van der Waals surface area contributed by atoms with Gasteiger partial charge in [0.05, 0.1) is 0 Å². The molecule has 1 saturated heterocycles. The molecule has 0 radical (unpaired) electrons. The van der Waals surface area contributed by atoms with Crippen molar-refractivity contribution >= 4 is 6.72 Å². The smallest absolute Gasteiger partial charge is 0.179 e. The highest BCUT2D eigenvalue weighted by Gasteiger charge is 2.30. The quantitative estimate of drug-likeness (QED) is 0.486. The molecule has 2 atom stereocenters. The molecule has 0 saturated carbocycles. The van der Waals surface area contributed by atoms with Crippen LogP contribution >= 0.6 is 0 Å². The van der Waals surface area contributed by atoms with E-state index in [0.717, 1.165) is 25.1 Å². The van der Waals surface area contributed by atoms with Gasteiger partial charge in [0.25, 0.3) is 0 Å². The summed E-state index contributed by atoms with van der Waals surface area (Å²) in [5, 5.41) is 13.1. The van der Waals surface area contributed by atoms with Crippen molar-refractivity contribution in [3.63, 3.8) is 0 Å². The maximum absolute atomic E-state index is 9.21. The first kappa shape index (κ1) is 17.8. The molecule has 0 bridgehead atoms. The second-order valence-electron chi connectivity index (χ2n) is 6.73. The molecule has 1 fully saturated rings. The van der Waals surface area contributed by atoms with Crippen LogP contribution in [0.2, 0.25) is 0 Å². The molecule has 1 aliphatic heterocycles. The maximum Gasteiger partial charge on any atom is 0.179 e. The predicted molar refractivity (Wildman–Crippen MR) is 106 cm³/mol. The number of benzene rings is 2. The molecule has 4 heteroatoms. The monoisotopic (exact) mass is 344 g/mol. The highest BCUT2D eigenvalue weighted by Crippen LogP contribution is 2.27. The zero-order valence-electron chi connectivity index (χ0n) is 15.1. The van der Waals surface area contributed by atoms with E-state index in [1.807, 2.05) is 11.0 Å². The Labute approximate surface area is 155 Å². The first-order valence-corrected chi connectivity index (χ1v) is 8.93. The Morgan fingerprint density at radius 1 is 1.27 bits per heavy atom. The van der Waals surface area contributed by atoms with E-state index in [2.05, 4.69) is 85.0 Å². The van der Waals surface area contributed by atoms with Crippen molar-refractivity contribution in [3.8, 4) is 17.3 Å². The van der Waals surface area contributed by atoms with E-state index in [1.54, 1.807) is 0 Å². The number of likely N-dealkylation sites (tertiary alicyclic amines) is 1. The molecule has 0 spiro atoms. The van der Waals surface area contributed by atoms with Crippen LogP contribution in [0, 0.1) is 17.4 Å². The minimum Gasteiger partial charge on any atom is -0.307 e. The average Bonchev–Trinajstić information content (AvgIpc) is 3.06. The van der Waals surface area contributed by atoms with Crippen LogP contribution in [0.15, 0.2) is 71.5 Å². The Bertz CT molecular complexity index is 820. The van der Waals surface area contributed by atoms with Crippen LogP contribution < -0.4 is 5.43 Å². The normalized spacial score (nSPS) is 19.8. The fourth-order valence-corrected chi connectivity index (χ4v) is 3.53. The summed E-state index contributed by atoms with van der Waals surface area (Å²) in [4.78, 5) is 1.83. The molecule has 2 aromatic carbocycles. The minimum atomic E-state index is 0.265. The predicted octanol–water partition coefficient (Wildman–Crippen LogP) is 4.18. The Balaban J connectivity index is 1.76. The fourth-order valence-electron chi connectivity index (χ4n) is 3.53. The summed E-state index contributed by atoms with van der Waals surface area (Å²) >= 11 is 0. The lowest BCUT2D eigenvalue weighted by molar-refractivity contribution is 0.385. The summed E-state index contributed by atoms with van der Waals surface area (Å²) in [7, 11) is 0. The number of allylic oxidation sites excluding steroid dienone is 1. The summed E-state index contributed by atoms with van der Waals surface area (Å²) < 4.78 is 0. The number of hydrogen-bond donors (Lipinski definition) is 1. The SMILES string of the molecule is C=NN/C(=C\Cc1cccc(-c2ccccc2)c1)C1CC(C)N(C#N)C1. The first-order chi connectivity index (χ1) is 12.7. The molecule has 0 aromatic heterocycles. The van der Waals surface area contributed by atoms with Crippen LogP contribution in [0.5, 0.6) is 0 Å². The van der Waals surface area contributed by atoms with E-state index in [4.69, 9.17) is 0 Å².